The van der Waals surface area contributed by atoms with Gasteiger partial charge < -0.3 is 0 Å². The molecule has 3 aliphatic rings. The molecule has 3 fully saturated rings. The largest absolute Gasteiger partial charge is 0.294 e. The molecule has 0 spiro atoms. The molecule has 1 saturated carbocycles. The Morgan fingerprint density at radius 2 is 1.53 bits per heavy atom. The maximum atomic E-state index is 11.6. The minimum Gasteiger partial charge on any atom is -0.294 e. The van der Waals surface area contributed by atoms with Gasteiger partial charge in [0.25, 0.3) is 0 Å². The van der Waals surface area contributed by atoms with E-state index in [0.29, 0.717) is 0 Å². The van der Waals surface area contributed by atoms with Gasteiger partial charge in [0.1, 0.15) is 10.8 Å². The third-order valence-electron chi connectivity index (χ3n) is 4.05. The van der Waals surface area contributed by atoms with Gasteiger partial charge in [-0.1, -0.05) is 13.8 Å². The first-order chi connectivity index (χ1) is 6.88. The predicted octanol–water partition coefficient (Wildman–Crippen LogP) is 0.0927. The molecule has 5 nitrogen and oxygen atoms in total. The molecule has 1 N–H and O–H groups in total. The number of imide groups is 1. The third-order valence-corrected chi connectivity index (χ3v) is 4.05. The molecular weight excluding hydrogens is 194 g/mol. The highest BCUT2D eigenvalue weighted by atomic mass is 16.2. The van der Waals surface area contributed by atoms with Crippen LogP contribution in [0.15, 0.2) is 0 Å². The Hall–Kier alpha value is -1.88. The molecule has 2 heterocycles. The van der Waals surface area contributed by atoms with E-state index < -0.39 is 28.1 Å². The number of carbonyl (C=O) groups is 2. The van der Waals surface area contributed by atoms with Crippen molar-refractivity contribution < 1.29 is 9.59 Å². The number of carbonyl (C=O) groups excluding carboxylic acids is 2. The number of nitrogens with zero attached hydrogens (tertiary/aromatic N) is 2. The summed E-state index contributed by atoms with van der Waals surface area (Å²) in [5, 5.41) is 20.2. The van der Waals surface area contributed by atoms with Gasteiger partial charge in [-0.05, 0) is 0 Å². The number of amides is 2. The minimum atomic E-state index is -1.23. The first-order valence-corrected chi connectivity index (χ1v) is 4.56. The van der Waals surface area contributed by atoms with Crippen LogP contribution in [0.1, 0.15) is 20.3 Å². The van der Waals surface area contributed by atoms with Gasteiger partial charge in [0.05, 0.1) is 12.1 Å². The predicted molar refractivity (Wildman–Crippen MR) is 47.6 cm³/mol. The van der Waals surface area contributed by atoms with Gasteiger partial charge in [-0.15, -0.1) is 0 Å². The highest BCUT2D eigenvalue weighted by molar-refractivity contribution is 6.10. The average molecular weight is 203 g/mol. The standard InChI is InChI=1S/C10H9N3O2/c1-8(2)9(4-11)3-10(8,5-12)7(15)13-6(9)14/h3H2,1-2H3,(H,13,14,15). The van der Waals surface area contributed by atoms with Crippen LogP contribution in [0.2, 0.25) is 0 Å². The zero-order valence-corrected chi connectivity index (χ0v) is 8.42. The van der Waals surface area contributed by atoms with Crippen LogP contribution in [0.5, 0.6) is 0 Å². The molecule has 5 heteroatoms. The maximum absolute atomic E-state index is 11.6. The zero-order valence-electron chi connectivity index (χ0n) is 8.42. The van der Waals surface area contributed by atoms with Crippen molar-refractivity contribution >= 4 is 11.8 Å². The minimum absolute atomic E-state index is 0.0185. The van der Waals surface area contributed by atoms with Gasteiger partial charge in [0, 0.05) is 11.8 Å². The molecular formula is C10H9N3O2. The fraction of sp³-hybridized carbons (Fsp3) is 0.600. The van der Waals surface area contributed by atoms with Crippen molar-refractivity contribution in [3.63, 3.8) is 0 Å². The Bertz CT molecular complexity index is 428. The SMILES string of the molecule is CC1(C)C2(C#N)CC1(C#N)C(=O)NC2=O. The van der Waals surface area contributed by atoms with E-state index >= 15 is 0 Å². The molecule has 0 aromatic heterocycles. The van der Waals surface area contributed by atoms with Gasteiger partial charge >= 0.3 is 0 Å². The lowest BCUT2D eigenvalue weighted by atomic mass is 9.36. The Balaban J connectivity index is 2.64. The summed E-state index contributed by atoms with van der Waals surface area (Å²) >= 11 is 0. The van der Waals surface area contributed by atoms with Gasteiger partial charge in [-0.25, -0.2) is 0 Å². The number of hydrogen-bond acceptors (Lipinski definition) is 4. The van der Waals surface area contributed by atoms with Crippen LogP contribution in [0.3, 0.4) is 0 Å². The number of piperidine rings is 2. The number of nitriles is 2. The lowest BCUT2D eigenvalue weighted by Gasteiger charge is -2.63. The van der Waals surface area contributed by atoms with E-state index in [4.69, 9.17) is 10.5 Å². The smallest absolute Gasteiger partial charge is 0.247 e. The van der Waals surface area contributed by atoms with Crippen molar-refractivity contribution in [3.05, 3.63) is 0 Å². The van der Waals surface area contributed by atoms with Gasteiger partial charge in [-0.2, -0.15) is 10.5 Å². The topological polar surface area (TPSA) is 93.8 Å². The molecule has 15 heavy (non-hydrogen) atoms. The van der Waals surface area contributed by atoms with Crippen LogP contribution in [-0.2, 0) is 9.59 Å². The van der Waals surface area contributed by atoms with Gasteiger partial charge in [0.2, 0.25) is 11.8 Å². The van der Waals surface area contributed by atoms with E-state index in [9.17, 15) is 9.59 Å². The molecule has 2 amide bonds. The van der Waals surface area contributed by atoms with Crippen LogP contribution in [0.25, 0.3) is 0 Å². The highest BCUT2D eigenvalue weighted by Crippen LogP contribution is 2.69. The summed E-state index contributed by atoms with van der Waals surface area (Å²) in [6.45, 7) is 3.25. The Morgan fingerprint density at radius 1 is 1.13 bits per heavy atom. The maximum Gasteiger partial charge on any atom is 0.247 e. The second-order valence-corrected chi connectivity index (χ2v) is 4.62. The quantitative estimate of drug-likeness (QED) is 0.564. The number of hydrogen-bond donors (Lipinski definition) is 1. The van der Waals surface area contributed by atoms with Crippen molar-refractivity contribution in [1.82, 2.24) is 5.32 Å². The summed E-state index contributed by atoms with van der Waals surface area (Å²) in [6.07, 6.45) is 0.0185. The molecule has 2 bridgehead atoms. The van der Waals surface area contributed by atoms with Crippen molar-refractivity contribution in [1.29, 1.82) is 10.5 Å². The Kier molecular flexibility index (Phi) is 1.42. The van der Waals surface area contributed by atoms with E-state index in [1.165, 1.54) is 0 Å². The van der Waals surface area contributed by atoms with Crippen LogP contribution in [-0.4, -0.2) is 11.8 Å². The summed E-state index contributed by atoms with van der Waals surface area (Å²) < 4.78 is 0. The molecule has 0 aromatic rings. The fourth-order valence-corrected chi connectivity index (χ4v) is 2.60. The van der Waals surface area contributed by atoms with Gasteiger partial charge in [-0.3, -0.25) is 14.9 Å². The number of fused-ring (bicyclic) bond motifs is 2. The first-order valence-electron chi connectivity index (χ1n) is 4.56. The van der Waals surface area contributed by atoms with E-state index in [2.05, 4.69) is 5.32 Å². The monoisotopic (exact) mass is 203 g/mol. The summed E-state index contributed by atoms with van der Waals surface area (Å²) in [5.74, 6) is -1.14. The molecule has 2 aliphatic heterocycles. The molecule has 2 unspecified atom stereocenters. The van der Waals surface area contributed by atoms with Crippen LogP contribution >= 0.6 is 0 Å². The fourth-order valence-electron chi connectivity index (χ4n) is 2.60. The van der Waals surface area contributed by atoms with Crippen LogP contribution in [0, 0.1) is 38.9 Å². The highest BCUT2D eigenvalue weighted by Gasteiger charge is 2.80. The first kappa shape index (κ1) is 9.67. The second kappa shape index (κ2) is 2.20. The van der Waals surface area contributed by atoms with Crippen LogP contribution < -0.4 is 5.32 Å². The van der Waals surface area contributed by atoms with E-state index in [0.717, 1.165) is 0 Å². The summed E-state index contributed by atoms with van der Waals surface area (Å²) in [5.41, 5.74) is -3.36. The molecule has 2 saturated heterocycles. The zero-order chi connectivity index (χ0) is 11.5. The second-order valence-electron chi connectivity index (χ2n) is 4.62. The molecule has 2 atom stereocenters. The van der Waals surface area contributed by atoms with Crippen molar-refractivity contribution in [2.45, 2.75) is 20.3 Å². The summed E-state index contributed by atoms with van der Waals surface area (Å²) in [4.78, 5) is 23.2. The number of nitrogens with one attached hydrogen (secondary N) is 1. The van der Waals surface area contributed by atoms with Crippen molar-refractivity contribution in [3.8, 4) is 12.1 Å². The molecule has 3 rings (SSSR count). The lowest BCUT2D eigenvalue weighted by Crippen LogP contribution is -2.77. The third kappa shape index (κ3) is 0.638. The number of rotatable bonds is 0. The lowest BCUT2D eigenvalue weighted by molar-refractivity contribution is -0.191. The van der Waals surface area contributed by atoms with Gasteiger partial charge in [0.15, 0.2) is 0 Å². The summed E-state index contributed by atoms with van der Waals surface area (Å²) in [6, 6.07) is 3.90. The van der Waals surface area contributed by atoms with Crippen molar-refractivity contribution in [2.24, 2.45) is 16.2 Å². The molecule has 1 aliphatic carbocycles. The Labute approximate surface area is 86.7 Å². The summed E-state index contributed by atoms with van der Waals surface area (Å²) in [7, 11) is 0. The van der Waals surface area contributed by atoms with E-state index in [1.54, 1.807) is 13.8 Å². The van der Waals surface area contributed by atoms with E-state index in [1.807, 2.05) is 12.1 Å². The average Bonchev–Trinajstić information content (AvgIpc) is 2.17. The normalized spacial score (nSPS) is 40.8. The van der Waals surface area contributed by atoms with Crippen molar-refractivity contribution in [2.75, 3.05) is 0 Å². The molecule has 76 valence electrons. The van der Waals surface area contributed by atoms with E-state index in [-0.39, 0.29) is 6.42 Å². The van der Waals surface area contributed by atoms with Crippen LogP contribution in [0.4, 0.5) is 0 Å². The Morgan fingerprint density at radius 3 is 1.80 bits per heavy atom. The molecule has 0 radical (unpaired) electrons. The molecule has 0 aromatic carbocycles.